The number of nitrogens with two attached hydrogens (primary N) is 1. The van der Waals surface area contributed by atoms with Gasteiger partial charge in [-0.3, -0.25) is 5.84 Å². The summed E-state index contributed by atoms with van der Waals surface area (Å²) in [4.78, 5) is 1.09. The summed E-state index contributed by atoms with van der Waals surface area (Å²) in [5.74, 6) is 6.22. The number of hydrogen-bond donors (Lipinski definition) is 2. The molecule has 0 aliphatic carbocycles. The van der Waals surface area contributed by atoms with Gasteiger partial charge in [0.05, 0.1) is 6.61 Å². The molecule has 0 aliphatic rings. The van der Waals surface area contributed by atoms with Gasteiger partial charge in [-0.25, -0.2) is 0 Å². The summed E-state index contributed by atoms with van der Waals surface area (Å²) in [5, 5.41) is 0. The number of hydrogen-bond acceptors (Lipinski definition) is 4. The average Bonchev–Trinajstić information content (AvgIpc) is 2.18. The van der Waals surface area contributed by atoms with Gasteiger partial charge in [-0.05, 0) is 25.3 Å². The van der Waals surface area contributed by atoms with E-state index >= 15 is 0 Å². The summed E-state index contributed by atoms with van der Waals surface area (Å²) < 4.78 is 5.41. The first kappa shape index (κ1) is 10.2. The molecule has 72 valence electrons. The number of nitrogens with one attached hydrogen (secondary N) is 1. The largest absolute Gasteiger partial charge is 0.492 e. The molecule has 0 amide bonds. The smallest absolute Gasteiger partial charge is 0.144 e. The van der Waals surface area contributed by atoms with Gasteiger partial charge < -0.3 is 10.2 Å². The topological polar surface area (TPSA) is 47.3 Å². The van der Waals surface area contributed by atoms with Crippen LogP contribution >= 0.6 is 11.8 Å². The van der Waals surface area contributed by atoms with Crippen LogP contribution in [0.1, 0.15) is 6.92 Å². The van der Waals surface area contributed by atoms with Crippen LogP contribution in [0.4, 0.5) is 5.69 Å². The number of ether oxygens (including phenoxy) is 1. The van der Waals surface area contributed by atoms with Gasteiger partial charge in [0.2, 0.25) is 0 Å². The van der Waals surface area contributed by atoms with Crippen LogP contribution in [0.15, 0.2) is 23.1 Å². The third-order valence-corrected chi connectivity index (χ3v) is 2.43. The zero-order chi connectivity index (χ0) is 9.68. The summed E-state index contributed by atoms with van der Waals surface area (Å²) in [6.07, 6.45) is 2.01. The Balaban J connectivity index is 3.03. The van der Waals surface area contributed by atoms with Crippen molar-refractivity contribution in [3.05, 3.63) is 18.2 Å². The maximum absolute atomic E-state index is 5.41. The Morgan fingerprint density at radius 1 is 1.54 bits per heavy atom. The van der Waals surface area contributed by atoms with Gasteiger partial charge in [-0.15, -0.1) is 11.8 Å². The number of hydrazine groups is 1. The Morgan fingerprint density at radius 3 is 2.85 bits per heavy atom. The van der Waals surface area contributed by atoms with E-state index in [0.717, 1.165) is 16.3 Å². The Hall–Kier alpha value is -0.870. The molecule has 3 N–H and O–H groups in total. The first-order valence-electron chi connectivity index (χ1n) is 4.09. The molecule has 0 atom stereocenters. The molecule has 1 aromatic rings. The minimum Gasteiger partial charge on any atom is -0.492 e. The second-order valence-corrected chi connectivity index (χ2v) is 3.26. The molecule has 0 heterocycles. The van der Waals surface area contributed by atoms with Gasteiger partial charge in [0.15, 0.2) is 0 Å². The summed E-state index contributed by atoms with van der Waals surface area (Å²) in [6, 6.07) is 5.86. The van der Waals surface area contributed by atoms with Gasteiger partial charge in [0.25, 0.3) is 0 Å². The van der Waals surface area contributed by atoms with Crippen molar-refractivity contribution >= 4 is 17.4 Å². The van der Waals surface area contributed by atoms with Gasteiger partial charge >= 0.3 is 0 Å². The van der Waals surface area contributed by atoms with Gasteiger partial charge in [-0.2, -0.15) is 0 Å². The Morgan fingerprint density at radius 2 is 2.31 bits per heavy atom. The molecule has 1 aromatic carbocycles. The molecule has 0 fully saturated rings. The highest BCUT2D eigenvalue weighted by Gasteiger charge is 2.06. The first-order chi connectivity index (χ1) is 6.33. The lowest BCUT2D eigenvalue weighted by Gasteiger charge is -2.12. The van der Waals surface area contributed by atoms with Gasteiger partial charge in [0, 0.05) is 4.90 Å². The molecule has 0 bridgehead atoms. The van der Waals surface area contributed by atoms with Crippen molar-refractivity contribution < 1.29 is 4.74 Å². The molecule has 0 radical (unpaired) electrons. The lowest BCUT2D eigenvalue weighted by Crippen LogP contribution is -2.09. The van der Waals surface area contributed by atoms with Gasteiger partial charge in [0.1, 0.15) is 11.4 Å². The van der Waals surface area contributed by atoms with E-state index in [4.69, 9.17) is 10.6 Å². The summed E-state index contributed by atoms with van der Waals surface area (Å²) >= 11 is 1.64. The Kier molecular flexibility index (Phi) is 3.92. The molecule has 0 spiro atoms. The minimum atomic E-state index is 0.645. The zero-order valence-corrected chi connectivity index (χ0v) is 8.65. The van der Waals surface area contributed by atoms with E-state index in [1.807, 2.05) is 31.4 Å². The minimum absolute atomic E-state index is 0.645. The normalized spacial score (nSPS) is 9.77. The van der Waals surface area contributed by atoms with Crippen molar-refractivity contribution in [1.82, 2.24) is 0 Å². The number of nitrogen functional groups attached to an aromatic ring is 1. The predicted molar refractivity (Wildman–Crippen MR) is 57.2 cm³/mol. The zero-order valence-electron chi connectivity index (χ0n) is 7.83. The lowest BCUT2D eigenvalue weighted by atomic mass is 10.3. The standard InChI is InChI=1S/C9H14N2OS/c1-3-12-7-5-4-6-8(13-2)9(7)11-10/h4-6,11H,3,10H2,1-2H3. The maximum atomic E-state index is 5.41. The van der Waals surface area contributed by atoms with E-state index < -0.39 is 0 Å². The maximum Gasteiger partial charge on any atom is 0.144 e. The van der Waals surface area contributed by atoms with Crippen LogP contribution in [0, 0.1) is 0 Å². The number of rotatable bonds is 4. The molecular weight excluding hydrogens is 184 g/mol. The monoisotopic (exact) mass is 198 g/mol. The SMILES string of the molecule is CCOc1cccc(SC)c1NN. The Bertz CT molecular complexity index is 278. The molecule has 13 heavy (non-hydrogen) atoms. The van der Waals surface area contributed by atoms with E-state index in [-0.39, 0.29) is 0 Å². The molecule has 3 nitrogen and oxygen atoms in total. The van der Waals surface area contributed by atoms with Gasteiger partial charge in [-0.1, -0.05) is 6.07 Å². The predicted octanol–water partition coefficient (Wildman–Crippen LogP) is 2.09. The number of benzene rings is 1. The first-order valence-corrected chi connectivity index (χ1v) is 5.32. The number of para-hydroxylation sites is 1. The highest BCUT2D eigenvalue weighted by atomic mass is 32.2. The van der Waals surface area contributed by atoms with Crippen LogP contribution in [0.3, 0.4) is 0 Å². The van der Waals surface area contributed by atoms with E-state index in [0.29, 0.717) is 6.61 Å². The van der Waals surface area contributed by atoms with E-state index in [1.54, 1.807) is 11.8 Å². The average molecular weight is 198 g/mol. The summed E-state index contributed by atoms with van der Waals surface area (Å²) in [7, 11) is 0. The van der Waals surface area contributed by atoms with Crippen LogP contribution in [0.5, 0.6) is 5.75 Å². The van der Waals surface area contributed by atoms with Crippen LogP contribution in [-0.4, -0.2) is 12.9 Å². The van der Waals surface area contributed by atoms with Crippen molar-refractivity contribution in [2.24, 2.45) is 5.84 Å². The third-order valence-electron chi connectivity index (χ3n) is 1.65. The second-order valence-electron chi connectivity index (χ2n) is 2.41. The fourth-order valence-corrected chi connectivity index (χ4v) is 1.68. The number of thioether (sulfide) groups is 1. The molecule has 4 heteroatoms. The summed E-state index contributed by atoms with van der Waals surface area (Å²) in [5.41, 5.74) is 3.51. The van der Waals surface area contributed by atoms with Crippen molar-refractivity contribution in [2.45, 2.75) is 11.8 Å². The Labute approximate surface area is 82.6 Å². The van der Waals surface area contributed by atoms with Crippen LogP contribution in [-0.2, 0) is 0 Å². The van der Waals surface area contributed by atoms with E-state index in [9.17, 15) is 0 Å². The second kappa shape index (κ2) is 4.99. The van der Waals surface area contributed by atoms with Crippen molar-refractivity contribution in [2.75, 3.05) is 18.3 Å². The molecule has 0 aromatic heterocycles. The van der Waals surface area contributed by atoms with Crippen molar-refractivity contribution in [3.8, 4) is 5.75 Å². The molecular formula is C9H14N2OS. The van der Waals surface area contributed by atoms with Crippen LogP contribution in [0.2, 0.25) is 0 Å². The highest BCUT2D eigenvalue weighted by molar-refractivity contribution is 7.98. The molecule has 0 saturated carbocycles. The summed E-state index contributed by atoms with van der Waals surface area (Å²) in [6.45, 7) is 2.60. The third kappa shape index (κ3) is 2.29. The molecule has 0 unspecified atom stereocenters. The highest BCUT2D eigenvalue weighted by Crippen LogP contribution is 2.33. The lowest BCUT2D eigenvalue weighted by molar-refractivity contribution is 0.341. The van der Waals surface area contributed by atoms with Crippen LogP contribution in [0.25, 0.3) is 0 Å². The molecule has 1 rings (SSSR count). The van der Waals surface area contributed by atoms with E-state index in [1.165, 1.54) is 0 Å². The molecule has 0 saturated heterocycles. The van der Waals surface area contributed by atoms with E-state index in [2.05, 4.69) is 5.43 Å². The fraction of sp³-hybridized carbons (Fsp3) is 0.333. The van der Waals surface area contributed by atoms with Crippen molar-refractivity contribution in [1.29, 1.82) is 0 Å². The van der Waals surface area contributed by atoms with Crippen molar-refractivity contribution in [3.63, 3.8) is 0 Å². The fourth-order valence-electron chi connectivity index (χ4n) is 1.10. The quantitative estimate of drug-likeness (QED) is 0.442. The number of anilines is 1. The molecule has 0 aliphatic heterocycles. The van der Waals surface area contributed by atoms with Crippen LogP contribution < -0.4 is 16.0 Å².